The van der Waals surface area contributed by atoms with Crippen molar-refractivity contribution in [3.63, 3.8) is 0 Å². The lowest BCUT2D eigenvalue weighted by Crippen LogP contribution is -2.46. The predicted molar refractivity (Wildman–Crippen MR) is 149 cm³/mol. The Kier molecular flexibility index (Phi) is 6.81. The Labute approximate surface area is 232 Å². The molecule has 1 aliphatic heterocycles. The first kappa shape index (κ1) is 25.8. The van der Waals surface area contributed by atoms with Crippen LogP contribution in [0.1, 0.15) is 28.7 Å². The summed E-state index contributed by atoms with van der Waals surface area (Å²) in [5, 5.41) is 12.0. The summed E-state index contributed by atoms with van der Waals surface area (Å²) in [6.45, 7) is 1.39. The van der Waals surface area contributed by atoms with Gasteiger partial charge < -0.3 is 14.8 Å². The summed E-state index contributed by atoms with van der Waals surface area (Å²) >= 11 is 1.48. The summed E-state index contributed by atoms with van der Waals surface area (Å²) in [5.41, 5.74) is 3.73. The quantitative estimate of drug-likeness (QED) is 0.302. The molecule has 40 heavy (non-hydrogen) atoms. The number of alkyl halides is 1. The number of carbonyl (C=O) groups excluding carboxylic acids is 3. The first-order valence-electron chi connectivity index (χ1n) is 12.8. The fourth-order valence-corrected chi connectivity index (χ4v) is 6.08. The second-order valence-electron chi connectivity index (χ2n) is 9.78. The van der Waals surface area contributed by atoms with E-state index in [2.05, 4.69) is 20.5 Å². The largest absolute Gasteiger partial charge is 0.348 e. The van der Waals surface area contributed by atoms with E-state index in [1.165, 1.54) is 23.2 Å². The number of thiazole rings is 1. The Hall–Kier alpha value is -4.51. The number of fused-ring (bicyclic) bond motifs is 2. The molecule has 0 saturated carbocycles. The summed E-state index contributed by atoms with van der Waals surface area (Å²) in [4.78, 5) is 44.8. The molecule has 2 aromatic carbocycles. The molecule has 5 aromatic rings. The molecule has 6 rings (SSSR count). The minimum absolute atomic E-state index is 0.0636. The molecule has 0 radical (unpaired) electrons. The van der Waals surface area contributed by atoms with Crippen molar-refractivity contribution >= 4 is 50.1 Å². The normalized spacial score (nSPS) is 17.0. The maximum absolute atomic E-state index is 14.5. The molecule has 0 spiro atoms. The number of halogens is 1. The summed E-state index contributed by atoms with van der Waals surface area (Å²) in [7, 11) is 0. The Bertz CT molecular complexity index is 1720. The van der Waals surface area contributed by atoms with Crippen molar-refractivity contribution < 1.29 is 18.8 Å². The van der Waals surface area contributed by atoms with Crippen LogP contribution >= 0.6 is 11.3 Å². The minimum Gasteiger partial charge on any atom is -0.348 e. The third kappa shape index (κ3) is 4.95. The highest BCUT2D eigenvalue weighted by Gasteiger charge is 2.39. The molecule has 0 bridgehead atoms. The van der Waals surface area contributed by atoms with Crippen molar-refractivity contribution in [1.29, 1.82) is 0 Å². The van der Waals surface area contributed by atoms with E-state index in [1.54, 1.807) is 23.2 Å². The van der Waals surface area contributed by atoms with Gasteiger partial charge in [0.2, 0.25) is 11.8 Å². The number of nitrogens with one attached hydrogen (secondary N) is 1. The lowest BCUT2D eigenvalue weighted by atomic mass is 10.0. The van der Waals surface area contributed by atoms with Gasteiger partial charge in [0.15, 0.2) is 5.78 Å². The Morgan fingerprint density at radius 2 is 1.95 bits per heavy atom. The molecule has 0 unspecified atom stereocenters. The number of ketones is 1. The zero-order valence-corrected chi connectivity index (χ0v) is 22.4. The van der Waals surface area contributed by atoms with Gasteiger partial charge in [0.05, 0.1) is 35.7 Å². The summed E-state index contributed by atoms with van der Waals surface area (Å²) < 4.78 is 17.2. The number of Topliss-reactive ketones (excluding diaryl/α,β-unsaturated/α-hetero) is 1. The van der Waals surface area contributed by atoms with Crippen LogP contribution in [-0.2, 0) is 22.7 Å². The first-order chi connectivity index (χ1) is 19.4. The van der Waals surface area contributed by atoms with Crippen LogP contribution in [0.2, 0.25) is 0 Å². The fourth-order valence-electron chi connectivity index (χ4n) is 5.17. The number of carbonyl (C=O) groups is 3. The highest BCUT2D eigenvalue weighted by atomic mass is 32.1. The fraction of sp³-hybridized carbons (Fsp3) is 0.241. The minimum atomic E-state index is -1.30. The van der Waals surface area contributed by atoms with Crippen LogP contribution in [-0.4, -0.2) is 61.0 Å². The smallest absolute Gasteiger partial charge is 0.243 e. The number of amides is 2. The van der Waals surface area contributed by atoms with Crippen molar-refractivity contribution in [3.8, 4) is 11.1 Å². The van der Waals surface area contributed by atoms with Gasteiger partial charge in [0.25, 0.3) is 0 Å². The number of benzene rings is 2. The highest BCUT2D eigenvalue weighted by Crippen LogP contribution is 2.29. The number of aromatic nitrogens is 4. The predicted octanol–water partition coefficient (Wildman–Crippen LogP) is 4.17. The molecule has 1 aliphatic rings. The number of likely N-dealkylation sites (tertiary alicyclic amines) is 1. The Morgan fingerprint density at radius 1 is 1.10 bits per heavy atom. The van der Waals surface area contributed by atoms with E-state index in [0.717, 1.165) is 26.4 Å². The Balaban J connectivity index is 1.21. The molecule has 11 heteroatoms. The van der Waals surface area contributed by atoms with Gasteiger partial charge in [-0.05, 0) is 42.8 Å². The molecule has 0 aliphatic carbocycles. The summed E-state index contributed by atoms with van der Waals surface area (Å²) in [5.74, 6) is -0.946. The molecule has 2 atom stereocenters. The molecule has 1 saturated heterocycles. The van der Waals surface area contributed by atoms with E-state index in [1.807, 2.05) is 48.5 Å². The third-order valence-corrected chi connectivity index (χ3v) is 8.15. The van der Waals surface area contributed by atoms with E-state index in [0.29, 0.717) is 16.5 Å². The van der Waals surface area contributed by atoms with Crippen molar-refractivity contribution in [3.05, 3.63) is 77.7 Å². The molecule has 2 amide bonds. The van der Waals surface area contributed by atoms with Crippen LogP contribution < -0.4 is 5.32 Å². The lowest BCUT2D eigenvalue weighted by Gasteiger charge is -2.24. The van der Waals surface area contributed by atoms with Crippen LogP contribution in [0, 0.1) is 0 Å². The van der Waals surface area contributed by atoms with Crippen LogP contribution in [0.4, 0.5) is 4.39 Å². The van der Waals surface area contributed by atoms with Gasteiger partial charge in [0, 0.05) is 34.6 Å². The topological polar surface area (TPSA) is 110 Å². The number of nitrogens with zero attached hydrogens (tertiary/aromatic N) is 5. The molecule has 1 N–H and O–H groups in total. The molecular formula is C29H25FN6O3S. The number of hydrogen-bond acceptors (Lipinski definition) is 7. The molecule has 202 valence electrons. The van der Waals surface area contributed by atoms with E-state index < -0.39 is 24.0 Å². The zero-order valence-electron chi connectivity index (χ0n) is 21.6. The number of rotatable bonds is 7. The van der Waals surface area contributed by atoms with Crippen LogP contribution in [0.3, 0.4) is 0 Å². The van der Waals surface area contributed by atoms with Crippen molar-refractivity contribution in [2.75, 3.05) is 6.54 Å². The molecule has 9 nitrogen and oxygen atoms in total. The SMILES string of the molecule is CC(=O)c1cn(CC(=O)N2C[C@H](F)C[C@H]2C(=O)NCc2nc3ccccc3s2)c2ccc(-c3ccnnc3)cc12. The van der Waals surface area contributed by atoms with Gasteiger partial charge in [-0.25, -0.2) is 9.37 Å². The average molecular weight is 557 g/mol. The van der Waals surface area contributed by atoms with Crippen molar-refractivity contribution in [1.82, 2.24) is 30.0 Å². The number of para-hydroxylation sites is 1. The van der Waals surface area contributed by atoms with Gasteiger partial charge in [-0.1, -0.05) is 18.2 Å². The second kappa shape index (κ2) is 10.6. The van der Waals surface area contributed by atoms with Gasteiger partial charge in [-0.3, -0.25) is 14.4 Å². The van der Waals surface area contributed by atoms with Gasteiger partial charge in [-0.2, -0.15) is 10.2 Å². The van der Waals surface area contributed by atoms with Gasteiger partial charge in [-0.15, -0.1) is 11.3 Å². The van der Waals surface area contributed by atoms with E-state index in [4.69, 9.17) is 0 Å². The lowest BCUT2D eigenvalue weighted by molar-refractivity contribution is -0.138. The molecular weight excluding hydrogens is 531 g/mol. The summed E-state index contributed by atoms with van der Waals surface area (Å²) in [6.07, 6.45) is 3.51. The van der Waals surface area contributed by atoms with Gasteiger partial charge in [0.1, 0.15) is 23.8 Å². The molecule has 3 aromatic heterocycles. The first-order valence-corrected chi connectivity index (χ1v) is 13.7. The maximum Gasteiger partial charge on any atom is 0.243 e. The molecule has 1 fully saturated rings. The number of hydrogen-bond donors (Lipinski definition) is 1. The maximum atomic E-state index is 14.5. The molecule has 4 heterocycles. The van der Waals surface area contributed by atoms with Crippen LogP contribution in [0.5, 0.6) is 0 Å². The van der Waals surface area contributed by atoms with Gasteiger partial charge >= 0.3 is 0 Å². The van der Waals surface area contributed by atoms with E-state index >= 15 is 0 Å². The van der Waals surface area contributed by atoms with Crippen LogP contribution in [0.15, 0.2) is 67.1 Å². The standard InChI is InChI=1S/C29H25FN6O3S/c1-17(37)22-15-35(24-7-6-18(10-21(22)24)19-8-9-32-33-12-19)16-28(38)36-14-20(30)11-25(36)29(39)31-13-27-34-23-4-2-3-5-26(23)40-27/h2-10,12,15,20,25H,11,13-14,16H2,1H3,(H,31,39)/t20-,25+/m1/s1. The Morgan fingerprint density at radius 3 is 2.73 bits per heavy atom. The summed E-state index contributed by atoms with van der Waals surface area (Å²) in [6, 6.07) is 14.2. The van der Waals surface area contributed by atoms with Crippen molar-refractivity contribution in [2.45, 2.75) is 38.6 Å². The average Bonchev–Trinajstić information content (AvgIpc) is 3.66. The second-order valence-corrected chi connectivity index (χ2v) is 10.9. The zero-order chi connectivity index (χ0) is 27.8. The third-order valence-electron chi connectivity index (χ3n) is 7.11. The highest BCUT2D eigenvalue weighted by molar-refractivity contribution is 7.18. The van der Waals surface area contributed by atoms with Crippen molar-refractivity contribution in [2.24, 2.45) is 0 Å². The van der Waals surface area contributed by atoms with Crippen LogP contribution in [0.25, 0.3) is 32.2 Å². The van der Waals surface area contributed by atoms with E-state index in [-0.39, 0.29) is 31.8 Å². The monoisotopic (exact) mass is 556 g/mol. The van der Waals surface area contributed by atoms with E-state index in [9.17, 15) is 18.8 Å².